The minimum absolute atomic E-state index is 0.000715. The fourth-order valence-electron chi connectivity index (χ4n) is 2.51. The Bertz CT molecular complexity index is 458. The fraction of sp³-hybridized carbons (Fsp3) is 0.500. The van der Waals surface area contributed by atoms with Crippen molar-refractivity contribution in [1.82, 2.24) is 0 Å². The lowest BCUT2D eigenvalue weighted by molar-refractivity contribution is 0.0575. The number of ether oxygens (including phenoxy) is 1. The number of hydrogen-bond acceptors (Lipinski definition) is 3. The van der Waals surface area contributed by atoms with Crippen LogP contribution in [0.3, 0.4) is 0 Å². The smallest absolute Gasteiger partial charge is 0.337 e. The van der Waals surface area contributed by atoms with Crippen LogP contribution in [0.4, 0.5) is 10.1 Å². The first-order valence-electron chi connectivity index (χ1n) is 6.40. The summed E-state index contributed by atoms with van der Waals surface area (Å²) in [4.78, 5) is 12.8. The average Bonchev–Trinajstić information content (AvgIpc) is 2.39. The van der Waals surface area contributed by atoms with Gasteiger partial charge in [0.05, 0.1) is 17.9 Å². The summed E-state index contributed by atoms with van der Waals surface area (Å²) >= 11 is 0. The van der Waals surface area contributed by atoms with Gasteiger partial charge < -0.3 is 14.7 Å². The molecule has 19 heavy (non-hydrogen) atoms. The topological polar surface area (TPSA) is 49.8 Å². The lowest BCUT2D eigenvalue weighted by Crippen LogP contribution is -2.32. The highest BCUT2D eigenvalue weighted by atomic mass is 19.1. The predicted molar refractivity (Wildman–Crippen MR) is 70.2 cm³/mol. The van der Waals surface area contributed by atoms with Gasteiger partial charge in [-0.25, -0.2) is 9.18 Å². The van der Waals surface area contributed by atoms with Gasteiger partial charge in [0.1, 0.15) is 5.82 Å². The van der Waals surface area contributed by atoms with Crippen LogP contribution in [0.5, 0.6) is 0 Å². The Kier molecular flexibility index (Phi) is 4.37. The molecule has 0 saturated carbocycles. The zero-order chi connectivity index (χ0) is 13.8. The molecule has 2 rings (SSSR count). The van der Waals surface area contributed by atoms with Gasteiger partial charge in [0.25, 0.3) is 0 Å². The van der Waals surface area contributed by atoms with Gasteiger partial charge in [-0.3, -0.25) is 0 Å². The third-order valence-electron chi connectivity index (χ3n) is 3.39. The molecule has 0 radical (unpaired) electrons. The van der Waals surface area contributed by atoms with Gasteiger partial charge in [-0.1, -0.05) is 6.07 Å². The molecule has 4 nitrogen and oxygen atoms in total. The van der Waals surface area contributed by atoms with Gasteiger partial charge in [-0.2, -0.15) is 0 Å². The third kappa shape index (κ3) is 3.23. The highest BCUT2D eigenvalue weighted by molar-refractivity contribution is 5.94. The van der Waals surface area contributed by atoms with Crippen LogP contribution in [0.1, 0.15) is 23.2 Å². The molecule has 1 atom stereocenters. The molecule has 1 aromatic carbocycles. The predicted octanol–water partition coefficient (Wildman–Crippen LogP) is 2.39. The molecular formula is C14H18FNO3. The Balaban J connectivity index is 2.17. The number of aromatic carboxylic acids is 1. The molecule has 1 aliphatic rings. The largest absolute Gasteiger partial charge is 0.478 e. The van der Waals surface area contributed by atoms with Crippen molar-refractivity contribution in [1.29, 1.82) is 0 Å². The minimum Gasteiger partial charge on any atom is -0.478 e. The first-order chi connectivity index (χ1) is 9.09. The Morgan fingerprint density at radius 1 is 1.58 bits per heavy atom. The molecule has 0 aliphatic carbocycles. The van der Waals surface area contributed by atoms with Crippen LogP contribution in [-0.2, 0) is 4.74 Å². The van der Waals surface area contributed by atoms with E-state index in [1.165, 1.54) is 18.2 Å². The second kappa shape index (κ2) is 6.02. The number of carboxylic acids is 1. The van der Waals surface area contributed by atoms with Crippen LogP contribution < -0.4 is 4.90 Å². The molecule has 1 fully saturated rings. The summed E-state index contributed by atoms with van der Waals surface area (Å²) in [7, 11) is 1.72. The Labute approximate surface area is 111 Å². The van der Waals surface area contributed by atoms with Gasteiger partial charge in [0.15, 0.2) is 0 Å². The zero-order valence-electron chi connectivity index (χ0n) is 10.9. The molecule has 104 valence electrons. The van der Waals surface area contributed by atoms with E-state index in [4.69, 9.17) is 9.84 Å². The highest BCUT2D eigenvalue weighted by Crippen LogP contribution is 2.25. The fourth-order valence-corrected chi connectivity index (χ4v) is 2.51. The van der Waals surface area contributed by atoms with Gasteiger partial charge >= 0.3 is 5.97 Å². The van der Waals surface area contributed by atoms with Crippen LogP contribution >= 0.6 is 0 Å². The molecule has 0 bridgehead atoms. The number of carbonyl (C=O) groups is 1. The molecule has 0 aromatic heterocycles. The van der Waals surface area contributed by atoms with Crippen molar-refractivity contribution >= 4 is 11.7 Å². The molecular weight excluding hydrogens is 249 g/mol. The number of rotatable bonds is 4. The summed E-state index contributed by atoms with van der Waals surface area (Å²) < 4.78 is 19.3. The number of halogens is 1. The summed E-state index contributed by atoms with van der Waals surface area (Å²) in [5, 5.41) is 9.13. The van der Waals surface area contributed by atoms with Crippen molar-refractivity contribution < 1.29 is 19.0 Å². The SMILES string of the molecule is CN(CC1CCCOC1)c1c(F)cccc1C(=O)O. The number of hydrogen-bond donors (Lipinski definition) is 1. The monoisotopic (exact) mass is 267 g/mol. The van der Waals surface area contributed by atoms with E-state index in [0.29, 0.717) is 19.1 Å². The number of benzene rings is 1. The molecule has 1 heterocycles. The van der Waals surface area contributed by atoms with Crippen LogP contribution in [0, 0.1) is 11.7 Å². The lowest BCUT2D eigenvalue weighted by atomic mass is 10.0. The Hall–Kier alpha value is -1.62. The van der Waals surface area contributed by atoms with Gasteiger partial charge in [0.2, 0.25) is 0 Å². The number of carboxylic acid groups (broad SMARTS) is 1. The van der Waals surface area contributed by atoms with Crippen molar-refractivity contribution in [2.75, 3.05) is 31.7 Å². The van der Waals surface area contributed by atoms with Gasteiger partial charge in [-0.05, 0) is 30.9 Å². The van der Waals surface area contributed by atoms with Crippen molar-refractivity contribution in [3.63, 3.8) is 0 Å². The van der Waals surface area contributed by atoms with E-state index in [2.05, 4.69) is 0 Å². The van der Waals surface area contributed by atoms with Crippen molar-refractivity contribution in [2.24, 2.45) is 5.92 Å². The van der Waals surface area contributed by atoms with E-state index in [1.54, 1.807) is 11.9 Å². The molecule has 1 unspecified atom stereocenters. The van der Waals surface area contributed by atoms with E-state index < -0.39 is 11.8 Å². The van der Waals surface area contributed by atoms with E-state index in [0.717, 1.165) is 19.4 Å². The first kappa shape index (κ1) is 13.8. The van der Waals surface area contributed by atoms with E-state index in [1.807, 2.05) is 0 Å². The molecule has 1 saturated heterocycles. The van der Waals surface area contributed by atoms with E-state index in [-0.39, 0.29) is 11.3 Å². The Morgan fingerprint density at radius 3 is 3.00 bits per heavy atom. The molecule has 0 spiro atoms. The average molecular weight is 267 g/mol. The van der Waals surface area contributed by atoms with Gasteiger partial charge in [0, 0.05) is 20.2 Å². The minimum atomic E-state index is -1.11. The zero-order valence-corrected chi connectivity index (χ0v) is 10.9. The normalized spacial score (nSPS) is 19.2. The lowest BCUT2D eigenvalue weighted by Gasteiger charge is -2.29. The number of nitrogens with zero attached hydrogens (tertiary/aromatic N) is 1. The van der Waals surface area contributed by atoms with Crippen LogP contribution in [-0.4, -0.2) is 37.9 Å². The standard InChI is InChI=1S/C14H18FNO3/c1-16(8-10-4-3-7-19-9-10)13-11(14(17)18)5-2-6-12(13)15/h2,5-6,10H,3-4,7-9H2,1H3,(H,17,18). The third-order valence-corrected chi connectivity index (χ3v) is 3.39. The molecule has 1 N–H and O–H groups in total. The van der Waals surface area contributed by atoms with Crippen LogP contribution in [0.25, 0.3) is 0 Å². The number of para-hydroxylation sites is 1. The highest BCUT2D eigenvalue weighted by Gasteiger charge is 2.21. The first-order valence-corrected chi connectivity index (χ1v) is 6.40. The van der Waals surface area contributed by atoms with Crippen molar-refractivity contribution in [2.45, 2.75) is 12.8 Å². The second-order valence-corrected chi connectivity index (χ2v) is 4.90. The summed E-state index contributed by atoms with van der Waals surface area (Å²) in [6, 6.07) is 4.13. The molecule has 1 aliphatic heterocycles. The number of anilines is 1. The molecule has 1 aromatic rings. The summed E-state index contributed by atoms with van der Waals surface area (Å²) in [6.07, 6.45) is 2.03. The molecule has 0 amide bonds. The van der Waals surface area contributed by atoms with Crippen LogP contribution in [0.15, 0.2) is 18.2 Å². The van der Waals surface area contributed by atoms with Crippen LogP contribution in [0.2, 0.25) is 0 Å². The maximum Gasteiger partial charge on any atom is 0.337 e. The van der Waals surface area contributed by atoms with Crippen molar-refractivity contribution in [3.8, 4) is 0 Å². The Morgan fingerprint density at radius 2 is 2.37 bits per heavy atom. The van der Waals surface area contributed by atoms with E-state index in [9.17, 15) is 9.18 Å². The van der Waals surface area contributed by atoms with E-state index >= 15 is 0 Å². The maximum atomic E-state index is 13.9. The van der Waals surface area contributed by atoms with Gasteiger partial charge in [-0.15, -0.1) is 0 Å². The molecule has 5 heteroatoms. The summed E-state index contributed by atoms with van der Waals surface area (Å²) in [5.74, 6) is -1.29. The second-order valence-electron chi connectivity index (χ2n) is 4.90. The maximum absolute atomic E-state index is 13.9. The van der Waals surface area contributed by atoms with Crippen molar-refractivity contribution in [3.05, 3.63) is 29.6 Å². The summed E-state index contributed by atoms with van der Waals surface area (Å²) in [5.41, 5.74) is 0.153. The summed E-state index contributed by atoms with van der Waals surface area (Å²) in [6.45, 7) is 2.03. The quantitative estimate of drug-likeness (QED) is 0.910.